The molecule has 0 aliphatic carbocycles. The van der Waals surface area contributed by atoms with E-state index in [1.165, 1.54) is 0 Å². The Bertz CT molecular complexity index is 1060. The molecule has 2 aromatic heterocycles. The molecule has 1 N–H and O–H groups in total. The Morgan fingerprint density at radius 2 is 1.93 bits per heavy atom. The number of halogens is 4. The highest BCUT2D eigenvalue weighted by atomic mass is 35.5. The largest absolute Gasteiger partial charge is 0.481 e. The summed E-state index contributed by atoms with van der Waals surface area (Å²) in [5.41, 5.74) is 2.59. The lowest BCUT2D eigenvalue weighted by Gasteiger charge is -2.17. The Morgan fingerprint density at radius 3 is 2.54 bits per heavy atom. The number of aromatic nitrogens is 2. The number of rotatable bonds is 5. The zero-order chi connectivity index (χ0) is 19.9. The molecule has 4 nitrogen and oxygen atoms in total. The molecule has 9 heteroatoms. The molecule has 2 heterocycles. The normalized spacial score (nSPS) is 12.1. The first kappa shape index (κ1) is 22.1. The summed E-state index contributed by atoms with van der Waals surface area (Å²) in [5, 5.41) is 9.74. The van der Waals surface area contributed by atoms with Crippen molar-refractivity contribution >= 4 is 39.9 Å². The fraction of sp³-hybridized carbons (Fsp3) is 0.316. The SMILES string of the molecule is CCc1c(C(C)C(=O)O)cnc(C)c1Cc1nc2c(F)c(F)cc(F)c2s1.Cl. The summed E-state index contributed by atoms with van der Waals surface area (Å²) in [5.74, 6) is -4.99. The van der Waals surface area contributed by atoms with Crippen LogP contribution in [0.4, 0.5) is 13.2 Å². The van der Waals surface area contributed by atoms with E-state index in [9.17, 15) is 23.1 Å². The van der Waals surface area contributed by atoms with Gasteiger partial charge < -0.3 is 5.11 Å². The first-order valence-corrected chi connectivity index (χ1v) is 9.19. The maximum Gasteiger partial charge on any atom is 0.310 e. The zero-order valence-electron chi connectivity index (χ0n) is 15.3. The topological polar surface area (TPSA) is 63.1 Å². The van der Waals surface area contributed by atoms with Crippen LogP contribution in [0.5, 0.6) is 0 Å². The van der Waals surface area contributed by atoms with Crippen molar-refractivity contribution in [2.24, 2.45) is 0 Å². The monoisotopic (exact) mass is 430 g/mol. The summed E-state index contributed by atoms with van der Waals surface area (Å²) in [7, 11) is 0. The number of fused-ring (bicyclic) bond motifs is 1. The first-order valence-electron chi connectivity index (χ1n) is 8.37. The number of carbonyl (C=O) groups is 1. The van der Waals surface area contributed by atoms with Crippen LogP contribution in [0.1, 0.15) is 47.2 Å². The minimum atomic E-state index is -1.28. The van der Waals surface area contributed by atoms with E-state index in [0.717, 1.165) is 22.5 Å². The third kappa shape index (κ3) is 3.84. The van der Waals surface area contributed by atoms with Crippen molar-refractivity contribution in [3.63, 3.8) is 0 Å². The molecule has 3 rings (SSSR count). The van der Waals surface area contributed by atoms with Crippen LogP contribution in [-0.4, -0.2) is 21.0 Å². The van der Waals surface area contributed by atoms with Gasteiger partial charge >= 0.3 is 5.97 Å². The van der Waals surface area contributed by atoms with E-state index in [1.807, 2.05) is 6.92 Å². The van der Waals surface area contributed by atoms with Crippen molar-refractivity contribution in [1.29, 1.82) is 0 Å². The van der Waals surface area contributed by atoms with E-state index in [-0.39, 0.29) is 29.0 Å². The van der Waals surface area contributed by atoms with E-state index in [4.69, 9.17) is 0 Å². The van der Waals surface area contributed by atoms with Crippen LogP contribution >= 0.6 is 23.7 Å². The van der Waals surface area contributed by atoms with E-state index in [2.05, 4.69) is 9.97 Å². The lowest BCUT2D eigenvalue weighted by molar-refractivity contribution is -0.138. The van der Waals surface area contributed by atoms with Gasteiger partial charge in [0.05, 0.1) is 15.6 Å². The number of aryl methyl sites for hydroxylation is 1. The second-order valence-electron chi connectivity index (χ2n) is 6.29. The lowest BCUT2D eigenvalue weighted by Crippen LogP contribution is -2.13. The van der Waals surface area contributed by atoms with Gasteiger partial charge in [0.15, 0.2) is 11.6 Å². The van der Waals surface area contributed by atoms with Crippen LogP contribution in [0, 0.1) is 24.4 Å². The van der Waals surface area contributed by atoms with Crippen molar-refractivity contribution in [3.8, 4) is 0 Å². The molecular formula is C19H18ClF3N2O2S. The molecule has 0 fully saturated rings. The van der Waals surface area contributed by atoms with Gasteiger partial charge in [-0.1, -0.05) is 6.92 Å². The number of benzene rings is 1. The molecule has 1 unspecified atom stereocenters. The first-order chi connectivity index (χ1) is 12.7. The fourth-order valence-electron chi connectivity index (χ4n) is 3.13. The molecule has 3 aromatic rings. The number of thiazole rings is 1. The predicted octanol–water partition coefficient (Wildman–Crippen LogP) is 5.18. The van der Waals surface area contributed by atoms with Crippen LogP contribution < -0.4 is 0 Å². The summed E-state index contributed by atoms with van der Waals surface area (Å²) >= 11 is 0.953. The van der Waals surface area contributed by atoms with Gasteiger partial charge in [-0.05, 0) is 37.0 Å². The van der Waals surface area contributed by atoms with Crippen molar-refractivity contribution in [2.75, 3.05) is 0 Å². The van der Waals surface area contributed by atoms with Crippen LogP contribution in [0.25, 0.3) is 10.2 Å². The maximum absolute atomic E-state index is 13.9. The molecule has 0 spiro atoms. The number of nitrogens with zero attached hydrogens (tertiary/aromatic N) is 2. The second-order valence-corrected chi connectivity index (χ2v) is 7.37. The van der Waals surface area contributed by atoms with Crippen LogP contribution in [0.2, 0.25) is 0 Å². The molecule has 0 bridgehead atoms. The Morgan fingerprint density at radius 1 is 1.25 bits per heavy atom. The summed E-state index contributed by atoms with van der Waals surface area (Å²) in [6.07, 6.45) is 2.37. The molecule has 1 atom stereocenters. The van der Waals surface area contributed by atoms with E-state index in [0.29, 0.717) is 28.8 Å². The van der Waals surface area contributed by atoms with Crippen molar-refractivity contribution < 1.29 is 23.1 Å². The smallest absolute Gasteiger partial charge is 0.310 e. The number of pyridine rings is 1. The van der Waals surface area contributed by atoms with Gasteiger partial charge in [0.1, 0.15) is 11.3 Å². The highest BCUT2D eigenvalue weighted by Crippen LogP contribution is 2.32. The van der Waals surface area contributed by atoms with Crippen LogP contribution in [0.3, 0.4) is 0 Å². The quantitative estimate of drug-likeness (QED) is 0.566. The minimum Gasteiger partial charge on any atom is -0.481 e. The van der Waals surface area contributed by atoms with Crippen LogP contribution in [0.15, 0.2) is 12.3 Å². The number of carboxylic acids is 1. The number of hydrogen-bond acceptors (Lipinski definition) is 4. The molecule has 28 heavy (non-hydrogen) atoms. The van der Waals surface area contributed by atoms with Gasteiger partial charge in [-0.25, -0.2) is 18.2 Å². The van der Waals surface area contributed by atoms with Crippen molar-refractivity contribution in [2.45, 2.75) is 39.5 Å². The average Bonchev–Trinajstić information content (AvgIpc) is 3.05. The van der Waals surface area contributed by atoms with Gasteiger partial charge in [-0.15, -0.1) is 23.7 Å². The molecule has 0 saturated carbocycles. The van der Waals surface area contributed by atoms with E-state index < -0.39 is 29.3 Å². The highest BCUT2D eigenvalue weighted by Gasteiger charge is 2.23. The molecule has 0 aliphatic rings. The number of hydrogen-bond donors (Lipinski definition) is 1. The number of aliphatic carboxylic acids is 1. The van der Waals surface area contributed by atoms with Gasteiger partial charge in [0, 0.05) is 24.4 Å². The summed E-state index contributed by atoms with van der Waals surface area (Å²) in [6, 6.07) is 0.513. The van der Waals surface area contributed by atoms with Crippen molar-refractivity contribution in [3.05, 3.63) is 57.1 Å². The van der Waals surface area contributed by atoms with Gasteiger partial charge in [0.25, 0.3) is 0 Å². The van der Waals surface area contributed by atoms with Gasteiger partial charge in [-0.2, -0.15) is 0 Å². The maximum atomic E-state index is 13.9. The highest BCUT2D eigenvalue weighted by molar-refractivity contribution is 7.18. The predicted molar refractivity (Wildman–Crippen MR) is 104 cm³/mol. The Hall–Kier alpha value is -2.19. The molecule has 0 aliphatic heterocycles. The average molecular weight is 431 g/mol. The molecule has 0 saturated heterocycles. The van der Waals surface area contributed by atoms with Gasteiger partial charge in [0.2, 0.25) is 0 Å². The zero-order valence-corrected chi connectivity index (χ0v) is 17.0. The fourth-order valence-corrected chi connectivity index (χ4v) is 4.11. The third-order valence-corrected chi connectivity index (χ3v) is 5.69. The Kier molecular flexibility index (Phi) is 6.67. The minimum absolute atomic E-state index is 0. The molecular weight excluding hydrogens is 413 g/mol. The second kappa shape index (κ2) is 8.45. The van der Waals surface area contributed by atoms with Crippen molar-refractivity contribution in [1.82, 2.24) is 9.97 Å². The lowest BCUT2D eigenvalue weighted by atomic mass is 9.90. The van der Waals surface area contributed by atoms with Crippen LogP contribution in [-0.2, 0) is 17.6 Å². The van der Waals surface area contributed by atoms with E-state index in [1.54, 1.807) is 20.0 Å². The molecule has 1 aromatic carbocycles. The summed E-state index contributed by atoms with van der Waals surface area (Å²) in [4.78, 5) is 19.8. The molecule has 150 valence electrons. The molecule has 0 radical (unpaired) electrons. The Labute approximate surface area is 169 Å². The summed E-state index contributed by atoms with van der Waals surface area (Å²) < 4.78 is 41.3. The third-order valence-electron chi connectivity index (χ3n) is 4.62. The van der Waals surface area contributed by atoms with E-state index >= 15 is 0 Å². The number of carboxylic acid groups (broad SMARTS) is 1. The standard InChI is InChI=1S/C19H17F3N2O2S.ClH/c1-4-10-11(9(3)23-7-12(10)8(2)19(25)26)5-15-24-17-16(22)13(20)6-14(21)18(17)27-15;/h6-8H,4-5H2,1-3H3,(H,25,26);1H. The molecule has 0 amide bonds. The van der Waals surface area contributed by atoms with Gasteiger partial charge in [-0.3, -0.25) is 9.78 Å². The summed E-state index contributed by atoms with van der Waals surface area (Å²) in [6.45, 7) is 5.28. The Balaban J connectivity index is 0.00000280.